The number of carboxylic acids is 1. The first-order valence-electron chi connectivity index (χ1n) is 12.7. The molecular formula is C29H48O5. The molecule has 194 valence electrons. The van der Waals surface area contributed by atoms with Crippen LogP contribution >= 0.6 is 0 Å². The minimum absolute atomic E-state index is 0.241. The van der Waals surface area contributed by atoms with Gasteiger partial charge >= 0.3 is 5.97 Å². The van der Waals surface area contributed by atoms with Crippen molar-refractivity contribution in [2.75, 3.05) is 0 Å². The largest absolute Gasteiger partial charge is 0.478 e. The van der Waals surface area contributed by atoms with Gasteiger partial charge in [0.25, 0.3) is 0 Å². The Kier molecular flexibility index (Phi) is 19.3. The van der Waals surface area contributed by atoms with Gasteiger partial charge in [-0.3, -0.25) is 0 Å². The van der Waals surface area contributed by atoms with Gasteiger partial charge in [-0.2, -0.15) is 0 Å². The predicted octanol–water partition coefficient (Wildman–Crippen LogP) is 5.98. The summed E-state index contributed by atoms with van der Waals surface area (Å²) >= 11 is 0. The minimum atomic E-state index is -1.01. The number of rotatable bonds is 20. The van der Waals surface area contributed by atoms with E-state index < -0.39 is 18.2 Å². The van der Waals surface area contributed by atoms with Crippen LogP contribution in [0.3, 0.4) is 0 Å². The topological polar surface area (TPSA) is 98.0 Å². The summed E-state index contributed by atoms with van der Waals surface area (Å²) in [6.45, 7) is 10.2. The molecule has 0 heterocycles. The number of hydrogen-bond acceptors (Lipinski definition) is 4. The van der Waals surface area contributed by atoms with Crippen molar-refractivity contribution >= 4 is 5.97 Å². The Morgan fingerprint density at radius 3 is 2.29 bits per heavy atom. The van der Waals surface area contributed by atoms with Gasteiger partial charge in [0.05, 0.1) is 18.3 Å². The van der Waals surface area contributed by atoms with Crippen LogP contribution in [-0.2, 0) is 4.79 Å². The molecule has 0 radical (unpaired) electrons. The lowest BCUT2D eigenvalue weighted by Gasteiger charge is -2.20. The van der Waals surface area contributed by atoms with Crippen molar-refractivity contribution in [3.63, 3.8) is 0 Å². The maximum Gasteiger partial charge on any atom is 0.328 e. The van der Waals surface area contributed by atoms with E-state index in [-0.39, 0.29) is 12.5 Å². The minimum Gasteiger partial charge on any atom is -0.478 e. The fourth-order valence-electron chi connectivity index (χ4n) is 3.74. The third kappa shape index (κ3) is 19.5. The van der Waals surface area contributed by atoms with E-state index in [4.69, 9.17) is 5.11 Å². The summed E-state index contributed by atoms with van der Waals surface area (Å²) in [4.78, 5) is 10.4. The summed E-state index contributed by atoms with van der Waals surface area (Å²) in [5, 5.41) is 39.0. The number of aliphatic hydroxyl groups is 3. The molecule has 0 aromatic rings. The molecule has 0 saturated heterocycles. The van der Waals surface area contributed by atoms with Crippen LogP contribution in [0.2, 0.25) is 0 Å². The van der Waals surface area contributed by atoms with E-state index in [2.05, 4.69) is 33.4 Å². The molecule has 0 bridgehead atoms. The molecule has 0 rings (SSSR count). The van der Waals surface area contributed by atoms with E-state index >= 15 is 0 Å². The van der Waals surface area contributed by atoms with E-state index in [9.17, 15) is 20.1 Å². The molecule has 0 aliphatic carbocycles. The molecule has 0 aliphatic rings. The average Bonchev–Trinajstić information content (AvgIpc) is 2.78. The van der Waals surface area contributed by atoms with Crippen molar-refractivity contribution < 1.29 is 25.2 Å². The van der Waals surface area contributed by atoms with Crippen molar-refractivity contribution in [1.29, 1.82) is 0 Å². The number of hydrogen-bond donors (Lipinski definition) is 4. The van der Waals surface area contributed by atoms with Gasteiger partial charge in [0.1, 0.15) is 0 Å². The standard InChI is InChI=1S/C29H48O5/c1-5-6-7-9-15-25(4)28(32)21-19-24(3)14-12-13-23(2)18-20-27(31)22-26(30)16-10-8-11-17-29(33)34/h5-8,10-11,17-18,20,23-28,30-32H,1,9,12-16,19,21-22H2,2-4H3,(H,33,34)/b7-6-,10-8+,17-11-,20-18-/t23-,24-,25-,26-,27?,28-/m1/s1. The zero-order valence-electron chi connectivity index (χ0n) is 21.4. The summed E-state index contributed by atoms with van der Waals surface area (Å²) in [7, 11) is 0. The molecule has 0 aromatic carbocycles. The smallest absolute Gasteiger partial charge is 0.328 e. The first kappa shape index (κ1) is 32.0. The number of carbonyl (C=O) groups is 1. The fourth-order valence-corrected chi connectivity index (χ4v) is 3.74. The van der Waals surface area contributed by atoms with E-state index in [1.807, 2.05) is 12.2 Å². The Morgan fingerprint density at radius 1 is 0.882 bits per heavy atom. The van der Waals surface area contributed by atoms with Crippen molar-refractivity contribution in [3.8, 4) is 0 Å². The summed E-state index contributed by atoms with van der Waals surface area (Å²) in [6, 6.07) is 0. The average molecular weight is 477 g/mol. The first-order valence-corrected chi connectivity index (χ1v) is 12.7. The predicted molar refractivity (Wildman–Crippen MR) is 141 cm³/mol. The highest BCUT2D eigenvalue weighted by atomic mass is 16.4. The number of aliphatic carboxylic acids is 1. The molecule has 34 heavy (non-hydrogen) atoms. The maximum absolute atomic E-state index is 10.4. The molecule has 0 aromatic heterocycles. The number of carboxylic acid groups (broad SMARTS) is 1. The van der Waals surface area contributed by atoms with E-state index in [1.54, 1.807) is 24.3 Å². The lowest BCUT2D eigenvalue weighted by molar-refractivity contribution is -0.131. The Labute approximate surface area is 207 Å². The quantitative estimate of drug-likeness (QED) is 0.0984. The van der Waals surface area contributed by atoms with Crippen LogP contribution in [0.5, 0.6) is 0 Å². The number of allylic oxidation sites excluding steroid dienone is 6. The third-order valence-electron chi connectivity index (χ3n) is 6.10. The summed E-state index contributed by atoms with van der Waals surface area (Å²) in [6.07, 6.45) is 21.4. The van der Waals surface area contributed by atoms with Gasteiger partial charge in [0, 0.05) is 12.5 Å². The normalized spacial score (nSPS) is 17.9. The second-order valence-electron chi connectivity index (χ2n) is 9.58. The Hall–Kier alpha value is -1.95. The van der Waals surface area contributed by atoms with Crippen LogP contribution in [0.25, 0.3) is 0 Å². The Bertz CT molecular complexity index is 649. The van der Waals surface area contributed by atoms with Gasteiger partial charge < -0.3 is 20.4 Å². The van der Waals surface area contributed by atoms with Crippen LogP contribution in [0.15, 0.2) is 61.3 Å². The third-order valence-corrected chi connectivity index (χ3v) is 6.10. The highest BCUT2D eigenvalue weighted by Crippen LogP contribution is 2.22. The van der Waals surface area contributed by atoms with Crippen LogP contribution in [0, 0.1) is 17.8 Å². The Balaban J connectivity index is 4.04. The van der Waals surface area contributed by atoms with Gasteiger partial charge in [0.2, 0.25) is 0 Å². The van der Waals surface area contributed by atoms with Crippen LogP contribution in [-0.4, -0.2) is 44.7 Å². The molecule has 6 atom stereocenters. The fraction of sp³-hybridized carbons (Fsp3) is 0.621. The lowest BCUT2D eigenvalue weighted by Crippen LogP contribution is -2.18. The van der Waals surface area contributed by atoms with Crippen LogP contribution in [0.4, 0.5) is 0 Å². The first-order chi connectivity index (χ1) is 16.1. The van der Waals surface area contributed by atoms with E-state index in [0.29, 0.717) is 24.2 Å². The molecule has 1 unspecified atom stereocenters. The maximum atomic E-state index is 10.4. The lowest BCUT2D eigenvalue weighted by atomic mass is 9.90. The molecule has 0 fully saturated rings. The van der Waals surface area contributed by atoms with Gasteiger partial charge in [-0.25, -0.2) is 4.79 Å². The molecule has 5 heteroatoms. The van der Waals surface area contributed by atoms with E-state index in [1.165, 1.54) is 6.08 Å². The molecular weight excluding hydrogens is 428 g/mol. The molecule has 5 nitrogen and oxygen atoms in total. The second-order valence-corrected chi connectivity index (χ2v) is 9.58. The highest BCUT2D eigenvalue weighted by molar-refractivity contribution is 5.80. The Morgan fingerprint density at radius 2 is 1.62 bits per heavy atom. The summed E-state index contributed by atoms with van der Waals surface area (Å²) < 4.78 is 0. The SMILES string of the molecule is C=C/C=C\CC[C@@H](C)[C@H](O)CC[C@H](C)CCC[C@@H](C)/C=C\C(O)C[C@H](O)C/C=C/C=C\C(=O)O. The summed E-state index contributed by atoms with van der Waals surface area (Å²) in [5.41, 5.74) is 0. The molecule has 0 amide bonds. The monoisotopic (exact) mass is 476 g/mol. The van der Waals surface area contributed by atoms with E-state index in [0.717, 1.165) is 51.0 Å². The van der Waals surface area contributed by atoms with Crippen molar-refractivity contribution in [2.45, 2.75) is 96.9 Å². The van der Waals surface area contributed by atoms with Gasteiger partial charge in [-0.1, -0.05) is 88.8 Å². The van der Waals surface area contributed by atoms with Gasteiger partial charge in [0.15, 0.2) is 0 Å². The van der Waals surface area contributed by atoms with Crippen LogP contribution < -0.4 is 0 Å². The summed E-state index contributed by atoms with van der Waals surface area (Å²) in [5.74, 6) is 0.232. The van der Waals surface area contributed by atoms with Gasteiger partial charge in [-0.15, -0.1) is 0 Å². The zero-order valence-corrected chi connectivity index (χ0v) is 21.4. The van der Waals surface area contributed by atoms with Crippen molar-refractivity contribution in [3.05, 3.63) is 61.3 Å². The highest BCUT2D eigenvalue weighted by Gasteiger charge is 2.15. The zero-order chi connectivity index (χ0) is 25.8. The molecule has 4 N–H and O–H groups in total. The van der Waals surface area contributed by atoms with Gasteiger partial charge in [-0.05, 0) is 56.3 Å². The second kappa shape index (κ2) is 20.4. The molecule has 0 saturated carbocycles. The number of aliphatic hydroxyl groups excluding tert-OH is 3. The molecule has 0 aliphatic heterocycles. The van der Waals surface area contributed by atoms with Crippen LogP contribution in [0.1, 0.15) is 78.6 Å². The van der Waals surface area contributed by atoms with Crippen molar-refractivity contribution in [1.82, 2.24) is 0 Å². The van der Waals surface area contributed by atoms with Crippen molar-refractivity contribution in [2.24, 2.45) is 17.8 Å². The molecule has 0 spiro atoms.